The van der Waals surface area contributed by atoms with E-state index in [9.17, 15) is 5.11 Å². The third kappa shape index (κ3) is 3.09. The minimum absolute atomic E-state index is 0.0724. The number of rotatable bonds is 3. The van der Waals surface area contributed by atoms with Gasteiger partial charge in [0.2, 0.25) is 0 Å². The van der Waals surface area contributed by atoms with E-state index in [1.54, 1.807) is 6.07 Å². The number of aromatic amines is 1. The van der Waals surface area contributed by atoms with E-state index < -0.39 is 0 Å². The van der Waals surface area contributed by atoms with Crippen molar-refractivity contribution in [1.29, 1.82) is 0 Å². The Morgan fingerprint density at radius 2 is 1.77 bits per heavy atom. The summed E-state index contributed by atoms with van der Waals surface area (Å²) in [5, 5.41) is 11.4. The number of aromatic nitrogens is 1. The molecule has 0 spiro atoms. The Bertz CT molecular complexity index is 1120. The predicted molar refractivity (Wildman–Crippen MR) is 110 cm³/mol. The summed E-state index contributed by atoms with van der Waals surface area (Å²) in [6.07, 6.45) is 0. The second-order valence-electron chi connectivity index (χ2n) is 5.96. The zero-order valence-corrected chi connectivity index (χ0v) is 15.4. The third-order valence-electron chi connectivity index (χ3n) is 4.14. The Labute approximate surface area is 159 Å². The average molecular weight is 406 g/mol. The molecule has 4 N–H and O–H groups in total. The van der Waals surface area contributed by atoms with Gasteiger partial charge in [-0.3, -0.25) is 0 Å². The fourth-order valence-electron chi connectivity index (χ4n) is 2.97. The number of aliphatic imine (C=N–C) groups is 1. The Morgan fingerprint density at radius 3 is 2.54 bits per heavy atom. The third-order valence-corrected chi connectivity index (χ3v) is 4.63. The highest BCUT2D eigenvalue weighted by molar-refractivity contribution is 9.10. The molecule has 0 radical (unpaired) electrons. The van der Waals surface area contributed by atoms with Crippen molar-refractivity contribution >= 4 is 43.9 Å². The van der Waals surface area contributed by atoms with Crippen LogP contribution in [-0.4, -0.2) is 15.8 Å². The number of hydrogen-bond acceptors (Lipinski definition) is 3. The van der Waals surface area contributed by atoms with Gasteiger partial charge in [-0.15, -0.1) is 0 Å². The molecule has 0 atom stereocenters. The second kappa shape index (κ2) is 6.69. The van der Waals surface area contributed by atoms with Gasteiger partial charge < -0.3 is 15.8 Å². The van der Waals surface area contributed by atoms with E-state index in [2.05, 4.69) is 20.9 Å². The highest BCUT2D eigenvalue weighted by Crippen LogP contribution is 2.32. The lowest BCUT2D eigenvalue weighted by Crippen LogP contribution is -2.03. The molecule has 3 aromatic carbocycles. The first-order valence-corrected chi connectivity index (χ1v) is 8.91. The van der Waals surface area contributed by atoms with Crippen LogP contribution in [0.5, 0.6) is 5.88 Å². The summed E-state index contributed by atoms with van der Waals surface area (Å²) in [5.74, 6) is 0.0724. The quantitative estimate of drug-likeness (QED) is 0.315. The lowest BCUT2D eigenvalue weighted by molar-refractivity contribution is 0.457. The number of H-pyrrole nitrogens is 1. The number of aromatic hydroxyl groups is 1. The number of anilines is 1. The van der Waals surface area contributed by atoms with E-state index in [-0.39, 0.29) is 5.88 Å². The van der Waals surface area contributed by atoms with Crippen molar-refractivity contribution in [2.75, 3.05) is 5.73 Å². The van der Waals surface area contributed by atoms with E-state index >= 15 is 0 Å². The van der Waals surface area contributed by atoms with Gasteiger partial charge in [0.05, 0.1) is 17.0 Å². The number of hydrogen-bond donors (Lipinski definition) is 3. The molecule has 0 fully saturated rings. The van der Waals surface area contributed by atoms with E-state index in [0.29, 0.717) is 17.0 Å². The molecule has 1 aromatic heterocycles. The van der Waals surface area contributed by atoms with Crippen molar-refractivity contribution < 1.29 is 5.11 Å². The summed E-state index contributed by atoms with van der Waals surface area (Å²) in [6.45, 7) is 0. The van der Waals surface area contributed by atoms with Gasteiger partial charge in [-0.1, -0.05) is 52.3 Å². The first-order valence-electron chi connectivity index (χ1n) is 8.12. The summed E-state index contributed by atoms with van der Waals surface area (Å²) >= 11 is 3.48. The molecule has 128 valence electrons. The molecule has 0 aliphatic carbocycles. The van der Waals surface area contributed by atoms with Crippen LogP contribution in [0, 0.1) is 0 Å². The van der Waals surface area contributed by atoms with Crippen LogP contribution >= 0.6 is 15.9 Å². The predicted octanol–water partition coefficient (Wildman–Crippen LogP) is 5.39. The maximum atomic E-state index is 10.6. The smallest absolute Gasteiger partial charge is 0.199 e. The largest absolute Gasteiger partial charge is 0.494 e. The topological polar surface area (TPSA) is 74.4 Å². The highest BCUT2D eigenvalue weighted by atomic mass is 79.9. The van der Waals surface area contributed by atoms with E-state index in [0.717, 1.165) is 26.6 Å². The molecule has 0 aliphatic heterocycles. The monoisotopic (exact) mass is 405 g/mol. The van der Waals surface area contributed by atoms with Crippen LogP contribution < -0.4 is 5.73 Å². The lowest BCUT2D eigenvalue weighted by Gasteiger charge is -2.08. The summed E-state index contributed by atoms with van der Waals surface area (Å²) in [4.78, 5) is 7.85. The van der Waals surface area contributed by atoms with Gasteiger partial charge in [-0.2, -0.15) is 0 Å². The Balaban J connectivity index is 2.01. The maximum absolute atomic E-state index is 10.6. The highest BCUT2D eigenvalue weighted by Gasteiger charge is 2.18. The minimum Gasteiger partial charge on any atom is -0.494 e. The minimum atomic E-state index is 0.0724. The van der Waals surface area contributed by atoms with Crippen LogP contribution in [0.25, 0.3) is 10.9 Å². The normalized spacial score (nSPS) is 11.8. The van der Waals surface area contributed by atoms with E-state index in [1.165, 1.54) is 0 Å². The van der Waals surface area contributed by atoms with Gasteiger partial charge in [0.25, 0.3) is 0 Å². The lowest BCUT2D eigenvalue weighted by atomic mass is 10.0. The van der Waals surface area contributed by atoms with Gasteiger partial charge in [0.15, 0.2) is 5.88 Å². The van der Waals surface area contributed by atoms with Crippen LogP contribution in [0.15, 0.2) is 82.3 Å². The zero-order chi connectivity index (χ0) is 18.1. The van der Waals surface area contributed by atoms with Gasteiger partial charge >= 0.3 is 0 Å². The standard InChI is InChI=1S/C21H16BrN3O/c22-14-7-4-8-16(11-14)24-20(13-5-2-1-3-6-13)19-17-12-15(23)9-10-18(17)25-21(19)26/h1-12,25-26H,23H2. The van der Waals surface area contributed by atoms with Crippen LogP contribution in [0.1, 0.15) is 11.1 Å². The number of nitrogens with zero attached hydrogens (tertiary/aromatic N) is 1. The van der Waals surface area contributed by atoms with Crippen molar-refractivity contribution in [1.82, 2.24) is 4.98 Å². The number of fused-ring (bicyclic) bond motifs is 1. The van der Waals surface area contributed by atoms with Crippen LogP contribution in [-0.2, 0) is 0 Å². The molecular formula is C21H16BrN3O. The van der Waals surface area contributed by atoms with E-state index in [1.807, 2.05) is 66.7 Å². The van der Waals surface area contributed by atoms with Crippen LogP contribution in [0.3, 0.4) is 0 Å². The van der Waals surface area contributed by atoms with Crippen molar-refractivity contribution in [2.24, 2.45) is 4.99 Å². The molecule has 0 aliphatic rings. The molecular weight excluding hydrogens is 390 g/mol. The average Bonchev–Trinajstić information content (AvgIpc) is 2.95. The molecule has 5 heteroatoms. The Morgan fingerprint density at radius 1 is 0.962 bits per heavy atom. The molecule has 0 amide bonds. The van der Waals surface area contributed by atoms with Gasteiger partial charge in [0.1, 0.15) is 0 Å². The van der Waals surface area contributed by atoms with E-state index in [4.69, 9.17) is 10.7 Å². The first-order chi connectivity index (χ1) is 12.6. The second-order valence-corrected chi connectivity index (χ2v) is 6.88. The molecule has 0 unspecified atom stereocenters. The maximum Gasteiger partial charge on any atom is 0.199 e. The van der Waals surface area contributed by atoms with Gasteiger partial charge in [-0.05, 0) is 36.4 Å². The summed E-state index contributed by atoms with van der Waals surface area (Å²) in [6, 6.07) is 23.0. The van der Waals surface area contributed by atoms with Gasteiger partial charge in [-0.25, -0.2) is 4.99 Å². The SMILES string of the molecule is Nc1ccc2[nH]c(O)c(C(=Nc3cccc(Br)c3)c3ccccc3)c2c1. The molecule has 4 rings (SSSR count). The molecule has 4 aromatic rings. The molecule has 0 saturated carbocycles. The molecule has 1 heterocycles. The fourth-order valence-corrected chi connectivity index (χ4v) is 3.36. The molecule has 0 bridgehead atoms. The van der Waals surface area contributed by atoms with Crippen LogP contribution in [0.4, 0.5) is 11.4 Å². The number of nitrogens with two attached hydrogens (primary N) is 1. The Hall–Kier alpha value is -3.05. The fraction of sp³-hybridized carbons (Fsp3) is 0. The van der Waals surface area contributed by atoms with Crippen molar-refractivity contribution in [3.05, 3.63) is 88.4 Å². The summed E-state index contributed by atoms with van der Waals surface area (Å²) < 4.78 is 0.943. The summed E-state index contributed by atoms with van der Waals surface area (Å²) in [7, 11) is 0. The van der Waals surface area contributed by atoms with Gasteiger partial charge in [0, 0.05) is 26.6 Å². The number of nitrogen functional groups attached to an aromatic ring is 1. The number of nitrogens with one attached hydrogen (secondary N) is 1. The van der Waals surface area contributed by atoms with Crippen molar-refractivity contribution in [3.8, 4) is 5.88 Å². The Kier molecular flexibility index (Phi) is 4.22. The number of halogens is 1. The zero-order valence-electron chi connectivity index (χ0n) is 13.8. The van der Waals surface area contributed by atoms with Crippen LogP contribution in [0.2, 0.25) is 0 Å². The van der Waals surface area contributed by atoms with Crippen molar-refractivity contribution in [3.63, 3.8) is 0 Å². The molecule has 26 heavy (non-hydrogen) atoms. The first kappa shape index (κ1) is 16.4. The number of benzene rings is 3. The summed E-state index contributed by atoms with van der Waals surface area (Å²) in [5.41, 5.74) is 10.4. The molecule has 0 saturated heterocycles. The molecule has 4 nitrogen and oxygen atoms in total. The van der Waals surface area contributed by atoms with Crippen molar-refractivity contribution in [2.45, 2.75) is 0 Å².